The summed E-state index contributed by atoms with van der Waals surface area (Å²) >= 11 is 0. The Balaban J connectivity index is 1.87. The van der Waals surface area contributed by atoms with Gasteiger partial charge in [-0.15, -0.1) is 0 Å². The van der Waals surface area contributed by atoms with Gasteiger partial charge in [-0.3, -0.25) is 4.79 Å². The van der Waals surface area contributed by atoms with Crippen molar-refractivity contribution in [1.82, 2.24) is 20.3 Å². The van der Waals surface area contributed by atoms with Gasteiger partial charge < -0.3 is 4.52 Å². The van der Waals surface area contributed by atoms with Crippen molar-refractivity contribution < 1.29 is 4.52 Å². The van der Waals surface area contributed by atoms with Gasteiger partial charge in [-0.2, -0.15) is 10.1 Å². The smallest absolute Gasteiger partial charge is 0.264 e. The monoisotopic (exact) mass is 246 g/mol. The van der Waals surface area contributed by atoms with E-state index in [4.69, 9.17) is 4.52 Å². The maximum absolute atomic E-state index is 11.3. The highest BCUT2D eigenvalue weighted by molar-refractivity contribution is 5.23. The Morgan fingerprint density at radius 3 is 3.22 bits per heavy atom. The first kappa shape index (κ1) is 11.1. The Morgan fingerprint density at radius 1 is 1.56 bits per heavy atom. The van der Waals surface area contributed by atoms with Gasteiger partial charge in [-0.25, -0.2) is 5.10 Å². The molecule has 6 nitrogen and oxygen atoms in total. The van der Waals surface area contributed by atoms with Gasteiger partial charge >= 0.3 is 0 Å². The van der Waals surface area contributed by atoms with Crippen LogP contribution in [0.1, 0.15) is 42.2 Å². The second-order valence-corrected chi connectivity index (χ2v) is 4.55. The van der Waals surface area contributed by atoms with Crippen LogP contribution in [0, 0.1) is 0 Å². The largest absolute Gasteiger partial charge is 0.339 e. The normalized spacial score (nSPS) is 18.6. The average Bonchev–Trinajstić information content (AvgIpc) is 2.86. The molecule has 2 aromatic rings. The Labute approximate surface area is 103 Å². The van der Waals surface area contributed by atoms with Crippen LogP contribution in [0.3, 0.4) is 0 Å². The zero-order chi connectivity index (χ0) is 12.5. The van der Waals surface area contributed by atoms with E-state index >= 15 is 0 Å². The molecular weight excluding hydrogens is 232 g/mol. The van der Waals surface area contributed by atoms with Gasteiger partial charge in [0.2, 0.25) is 5.89 Å². The van der Waals surface area contributed by atoms with Crippen molar-refractivity contribution in [2.24, 2.45) is 0 Å². The van der Waals surface area contributed by atoms with E-state index in [2.05, 4.69) is 20.3 Å². The lowest BCUT2D eigenvalue weighted by molar-refractivity contribution is 0.336. The molecule has 2 heterocycles. The molecule has 1 unspecified atom stereocenters. The highest BCUT2D eigenvalue weighted by atomic mass is 16.5. The molecule has 0 radical (unpaired) electrons. The van der Waals surface area contributed by atoms with Crippen LogP contribution in [-0.4, -0.2) is 20.3 Å². The SMILES string of the molecule is CCc1noc(C2CCc3n[nH]c(=O)cc3C2)n1. The molecule has 0 fully saturated rings. The van der Waals surface area contributed by atoms with Crippen molar-refractivity contribution in [3.63, 3.8) is 0 Å². The van der Waals surface area contributed by atoms with Crippen LogP contribution < -0.4 is 5.56 Å². The Kier molecular flexibility index (Phi) is 2.70. The predicted octanol–water partition coefficient (Wildman–Crippen LogP) is 0.988. The standard InChI is InChI=1S/C12H14N4O2/c1-2-10-13-12(18-16-10)7-3-4-9-8(5-7)6-11(17)15-14-9/h6-7H,2-5H2,1H3,(H,15,17). The number of nitrogens with zero attached hydrogens (tertiary/aromatic N) is 3. The van der Waals surface area contributed by atoms with Crippen molar-refractivity contribution in [3.8, 4) is 0 Å². The summed E-state index contributed by atoms with van der Waals surface area (Å²) in [6.45, 7) is 1.99. The van der Waals surface area contributed by atoms with Crippen molar-refractivity contribution in [3.05, 3.63) is 39.4 Å². The van der Waals surface area contributed by atoms with Gasteiger partial charge in [0, 0.05) is 18.4 Å². The van der Waals surface area contributed by atoms with Crippen molar-refractivity contribution in [2.75, 3.05) is 0 Å². The van der Waals surface area contributed by atoms with Crippen LogP contribution in [-0.2, 0) is 19.3 Å². The van der Waals surface area contributed by atoms with E-state index in [-0.39, 0.29) is 11.5 Å². The lowest BCUT2D eigenvalue weighted by atomic mass is 9.87. The zero-order valence-electron chi connectivity index (χ0n) is 10.1. The summed E-state index contributed by atoms with van der Waals surface area (Å²) in [6.07, 6.45) is 3.28. The van der Waals surface area contributed by atoms with Gasteiger partial charge in [0.25, 0.3) is 5.56 Å². The highest BCUT2D eigenvalue weighted by Crippen LogP contribution is 2.29. The van der Waals surface area contributed by atoms with Crippen LogP contribution in [0.4, 0.5) is 0 Å². The van der Waals surface area contributed by atoms with Crippen LogP contribution in [0.15, 0.2) is 15.4 Å². The number of nitrogens with one attached hydrogen (secondary N) is 1. The fourth-order valence-electron chi connectivity index (χ4n) is 2.33. The number of hydrogen-bond donors (Lipinski definition) is 1. The molecule has 0 spiro atoms. The van der Waals surface area contributed by atoms with Crippen LogP contribution in [0.5, 0.6) is 0 Å². The van der Waals surface area contributed by atoms with Gasteiger partial charge in [-0.05, 0) is 24.8 Å². The minimum absolute atomic E-state index is 0.158. The number of H-pyrrole nitrogens is 1. The first-order valence-corrected chi connectivity index (χ1v) is 6.16. The van der Waals surface area contributed by atoms with Crippen LogP contribution in [0.2, 0.25) is 0 Å². The minimum Gasteiger partial charge on any atom is -0.339 e. The molecule has 1 aliphatic carbocycles. The molecule has 6 heteroatoms. The topological polar surface area (TPSA) is 84.7 Å². The van der Waals surface area contributed by atoms with Crippen molar-refractivity contribution >= 4 is 0 Å². The van der Waals surface area contributed by atoms with E-state index in [1.165, 1.54) is 0 Å². The number of aromatic amines is 1. The first-order valence-electron chi connectivity index (χ1n) is 6.16. The van der Waals surface area contributed by atoms with E-state index in [9.17, 15) is 4.79 Å². The highest BCUT2D eigenvalue weighted by Gasteiger charge is 2.25. The minimum atomic E-state index is -0.158. The summed E-state index contributed by atoms with van der Waals surface area (Å²) in [5.41, 5.74) is 1.81. The first-order chi connectivity index (χ1) is 8.76. The third-order valence-corrected chi connectivity index (χ3v) is 3.32. The number of fused-ring (bicyclic) bond motifs is 1. The molecule has 1 aliphatic rings. The number of hydrogen-bond acceptors (Lipinski definition) is 5. The molecule has 0 saturated heterocycles. The van der Waals surface area contributed by atoms with Crippen LogP contribution in [0.25, 0.3) is 0 Å². The molecule has 0 bridgehead atoms. The van der Waals surface area contributed by atoms with Gasteiger partial charge in [-0.1, -0.05) is 12.1 Å². The van der Waals surface area contributed by atoms with Crippen LogP contribution >= 0.6 is 0 Å². The Morgan fingerprint density at radius 2 is 2.44 bits per heavy atom. The second kappa shape index (κ2) is 4.36. The van der Waals surface area contributed by atoms with Gasteiger partial charge in [0.1, 0.15) is 0 Å². The summed E-state index contributed by atoms with van der Waals surface area (Å²) in [6, 6.07) is 1.62. The number of rotatable bonds is 2. The van der Waals surface area contributed by atoms with E-state index < -0.39 is 0 Å². The summed E-state index contributed by atoms with van der Waals surface area (Å²) in [5.74, 6) is 1.62. The average molecular weight is 246 g/mol. The Bertz CT molecular complexity index is 617. The van der Waals surface area contributed by atoms with Crippen molar-refractivity contribution in [1.29, 1.82) is 0 Å². The van der Waals surface area contributed by atoms with E-state index in [1.54, 1.807) is 6.07 Å². The Hall–Kier alpha value is -1.98. The summed E-state index contributed by atoms with van der Waals surface area (Å²) in [4.78, 5) is 15.6. The van der Waals surface area contributed by atoms with Gasteiger partial charge in [0.15, 0.2) is 5.82 Å². The molecule has 2 aromatic heterocycles. The number of aryl methyl sites for hydroxylation is 2. The third-order valence-electron chi connectivity index (χ3n) is 3.32. The van der Waals surface area contributed by atoms with E-state index in [0.717, 1.165) is 42.8 Å². The summed E-state index contributed by atoms with van der Waals surface area (Å²) in [7, 11) is 0. The molecule has 0 saturated carbocycles. The molecule has 0 amide bonds. The molecular formula is C12H14N4O2. The molecule has 1 atom stereocenters. The molecule has 0 aromatic carbocycles. The predicted molar refractivity (Wildman–Crippen MR) is 63.3 cm³/mol. The lowest BCUT2D eigenvalue weighted by Gasteiger charge is -2.19. The maximum Gasteiger partial charge on any atom is 0.264 e. The quantitative estimate of drug-likeness (QED) is 0.854. The summed E-state index contributed by atoms with van der Waals surface area (Å²) < 4.78 is 5.27. The van der Waals surface area contributed by atoms with Crippen molar-refractivity contribution in [2.45, 2.75) is 38.5 Å². The fraction of sp³-hybridized carbons (Fsp3) is 0.500. The summed E-state index contributed by atoms with van der Waals surface area (Å²) in [5, 5.41) is 10.4. The number of aromatic nitrogens is 4. The molecule has 0 aliphatic heterocycles. The third kappa shape index (κ3) is 1.94. The fourth-order valence-corrected chi connectivity index (χ4v) is 2.33. The lowest BCUT2D eigenvalue weighted by Crippen LogP contribution is -2.19. The maximum atomic E-state index is 11.3. The van der Waals surface area contributed by atoms with Gasteiger partial charge in [0.05, 0.1) is 5.69 Å². The molecule has 1 N–H and O–H groups in total. The zero-order valence-corrected chi connectivity index (χ0v) is 10.1. The molecule has 3 rings (SSSR count). The van der Waals surface area contributed by atoms with E-state index in [1.807, 2.05) is 6.92 Å². The molecule has 18 heavy (non-hydrogen) atoms. The van der Waals surface area contributed by atoms with E-state index in [0.29, 0.717) is 5.89 Å². The molecule has 94 valence electrons. The second-order valence-electron chi connectivity index (χ2n) is 4.55.